The first kappa shape index (κ1) is 21.9. The number of thioether (sulfide) groups is 1. The molecule has 0 spiro atoms. The van der Waals surface area contributed by atoms with Crippen LogP contribution in [-0.2, 0) is 9.53 Å². The highest BCUT2D eigenvalue weighted by Gasteiger charge is 2.33. The van der Waals surface area contributed by atoms with Crippen LogP contribution in [0.5, 0.6) is 0 Å². The van der Waals surface area contributed by atoms with E-state index in [1.807, 2.05) is 34.9 Å². The molecular formula is C22H20ClN5O3S. The predicted molar refractivity (Wildman–Crippen MR) is 122 cm³/mol. The number of hydrogen-bond donors (Lipinski definition) is 2. The van der Waals surface area contributed by atoms with E-state index in [1.54, 1.807) is 37.5 Å². The van der Waals surface area contributed by atoms with Crippen LogP contribution in [-0.4, -0.2) is 39.1 Å². The fourth-order valence-electron chi connectivity index (χ4n) is 3.31. The number of benzene rings is 2. The van der Waals surface area contributed by atoms with Crippen LogP contribution in [0.4, 0.5) is 4.79 Å². The molecule has 2 amide bonds. The van der Waals surface area contributed by atoms with E-state index in [-0.39, 0.29) is 12.4 Å². The van der Waals surface area contributed by atoms with Gasteiger partial charge in [-0.1, -0.05) is 53.7 Å². The zero-order valence-corrected chi connectivity index (χ0v) is 18.7. The number of carbonyl (C=O) groups is 2. The van der Waals surface area contributed by atoms with Gasteiger partial charge in [-0.3, -0.25) is 4.57 Å². The van der Waals surface area contributed by atoms with Crippen LogP contribution in [0, 0.1) is 0 Å². The lowest BCUT2D eigenvalue weighted by atomic mass is 9.95. The zero-order valence-electron chi connectivity index (χ0n) is 17.1. The van der Waals surface area contributed by atoms with Crippen molar-refractivity contribution < 1.29 is 14.3 Å². The van der Waals surface area contributed by atoms with Gasteiger partial charge in [-0.05, 0) is 36.8 Å². The molecule has 0 aliphatic carbocycles. The summed E-state index contributed by atoms with van der Waals surface area (Å²) in [5.41, 5.74) is 2.43. The van der Waals surface area contributed by atoms with Gasteiger partial charge in [0.25, 0.3) is 0 Å². The number of nitrogens with zero attached hydrogens (tertiary/aromatic N) is 3. The Morgan fingerprint density at radius 1 is 1.19 bits per heavy atom. The molecule has 0 saturated heterocycles. The number of hydrogen-bond acceptors (Lipinski definition) is 6. The van der Waals surface area contributed by atoms with Crippen LogP contribution in [0.2, 0.25) is 5.02 Å². The van der Waals surface area contributed by atoms with Gasteiger partial charge in [0.1, 0.15) is 6.33 Å². The number of aromatic nitrogens is 3. The van der Waals surface area contributed by atoms with Crippen LogP contribution < -0.4 is 10.6 Å². The molecule has 1 unspecified atom stereocenters. The molecule has 2 aromatic carbocycles. The van der Waals surface area contributed by atoms with Gasteiger partial charge in [-0.25, -0.2) is 9.59 Å². The lowest BCUT2D eigenvalue weighted by Gasteiger charge is -2.29. The Balaban J connectivity index is 1.67. The molecule has 1 aliphatic rings. The quantitative estimate of drug-likeness (QED) is 0.402. The number of nitrogens with one attached hydrogen (secondary N) is 2. The van der Waals surface area contributed by atoms with Gasteiger partial charge in [0.05, 0.1) is 18.2 Å². The SMILES string of the molecule is CCOC(=O)C1=C(CSc2nncn2-c2ccccc2)NC(=O)NC1c1ccc(Cl)cc1. The highest BCUT2D eigenvalue weighted by atomic mass is 35.5. The molecule has 2 heterocycles. The molecular weight excluding hydrogens is 450 g/mol. The van der Waals surface area contributed by atoms with E-state index in [9.17, 15) is 9.59 Å². The van der Waals surface area contributed by atoms with Crippen molar-refractivity contribution in [1.82, 2.24) is 25.4 Å². The number of carbonyl (C=O) groups excluding carboxylic acids is 2. The Bertz CT molecular complexity index is 1150. The maximum Gasteiger partial charge on any atom is 0.338 e. The van der Waals surface area contributed by atoms with Gasteiger partial charge in [0.15, 0.2) is 5.16 Å². The first-order chi connectivity index (χ1) is 15.6. The Morgan fingerprint density at radius 3 is 2.66 bits per heavy atom. The first-order valence-corrected chi connectivity index (χ1v) is 11.2. The van der Waals surface area contributed by atoms with Gasteiger partial charge in [-0.15, -0.1) is 10.2 Å². The summed E-state index contributed by atoms with van der Waals surface area (Å²) in [6.45, 7) is 1.95. The van der Waals surface area contributed by atoms with Gasteiger partial charge in [0.2, 0.25) is 0 Å². The number of urea groups is 1. The van der Waals surface area contributed by atoms with Crippen LogP contribution in [0.25, 0.3) is 5.69 Å². The molecule has 0 saturated carbocycles. The van der Waals surface area contributed by atoms with Crippen LogP contribution in [0.1, 0.15) is 18.5 Å². The molecule has 1 aliphatic heterocycles. The molecule has 1 atom stereocenters. The Morgan fingerprint density at radius 2 is 1.94 bits per heavy atom. The Labute approximate surface area is 194 Å². The van der Waals surface area contributed by atoms with E-state index in [0.717, 1.165) is 11.3 Å². The minimum atomic E-state index is -0.664. The highest BCUT2D eigenvalue weighted by Crippen LogP contribution is 2.31. The average Bonchev–Trinajstić information content (AvgIpc) is 3.27. The third-order valence-electron chi connectivity index (χ3n) is 4.75. The van der Waals surface area contributed by atoms with Gasteiger partial charge >= 0.3 is 12.0 Å². The molecule has 8 nitrogen and oxygen atoms in total. The Hall–Kier alpha value is -3.30. The lowest BCUT2D eigenvalue weighted by Crippen LogP contribution is -2.46. The van der Waals surface area contributed by atoms with E-state index in [0.29, 0.717) is 21.4 Å². The third kappa shape index (κ3) is 4.79. The van der Waals surface area contributed by atoms with Gasteiger partial charge < -0.3 is 15.4 Å². The van der Waals surface area contributed by atoms with Crippen molar-refractivity contribution in [2.75, 3.05) is 12.4 Å². The van der Waals surface area contributed by atoms with Crippen molar-refractivity contribution in [3.8, 4) is 5.69 Å². The molecule has 164 valence electrons. The monoisotopic (exact) mass is 469 g/mol. The molecule has 32 heavy (non-hydrogen) atoms. The molecule has 0 radical (unpaired) electrons. The van der Waals surface area contributed by atoms with Crippen LogP contribution in [0.15, 0.2) is 77.4 Å². The van der Waals surface area contributed by atoms with Gasteiger partial charge in [0, 0.05) is 22.2 Å². The largest absolute Gasteiger partial charge is 0.463 e. The summed E-state index contributed by atoms with van der Waals surface area (Å²) in [6, 6.07) is 15.6. The highest BCUT2D eigenvalue weighted by molar-refractivity contribution is 7.99. The fourth-order valence-corrected chi connectivity index (χ4v) is 4.34. The van der Waals surface area contributed by atoms with Crippen molar-refractivity contribution in [2.45, 2.75) is 18.1 Å². The van der Waals surface area contributed by atoms with E-state index < -0.39 is 18.0 Å². The molecule has 0 bridgehead atoms. The van der Waals surface area contributed by atoms with E-state index >= 15 is 0 Å². The Kier molecular flexibility index (Phi) is 6.77. The summed E-state index contributed by atoms with van der Waals surface area (Å²) in [6.07, 6.45) is 1.62. The van der Waals surface area contributed by atoms with Crippen molar-refractivity contribution >= 4 is 35.4 Å². The van der Waals surface area contributed by atoms with E-state index in [1.165, 1.54) is 11.8 Å². The molecule has 1 aromatic heterocycles. The maximum absolute atomic E-state index is 12.9. The molecule has 2 N–H and O–H groups in total. The lowest BCUT2D eigenvalue weighted by molar-refractivity contribution is -0.139. The van der Waals surface area contributed by atoms with Crippen molar-refractivity contribution in [1.29, 1.82) is 0 Å². The standard InChI is InChI=1S/C22H20ClN5O3S/c1-2-31-20(29)18-17(25-21(30)26-19(18)14-8-10-15(23)11-9-14)12-32-22-27-24-13-28(22)16-6-4-3-5-7-16/h3-11,13,19H,2,12H2,1H3,(H2,25,26,30). The molecule has 4 rings (SSSR count). The number of rotatable bonds is 7. The smallest absolute Gasteiger partial charge is 0.338 e. The van der Waals surface area contributed by atoms with Gasteiger partial charge in [-0.2, -0.15) is 0 Å². The molecule has 0 fully saturated rings. The summed E-state index contributed by atoms with van der Waals surface area (Å²) in [5, 5.41) is 14.9. The second-order valence-electron chi connectivity index (χ2n) is 6.80. The number of para-hydroxylation sites is 1. The molecule has 10 heteroatoms. The zero-order chi connectivity index (χ0) is 22.5. The number of halogens is 1. The van der Waals surface area contributed by atoms with Crippen molar-refractivity contribution in [3.05, 3.63) is 82.8 Å². The van der Waals surface area contributed by atoms with Crippen molar-refractivity contribution in [3.63, 3.8) is 0 Å². The normalized spacial score (nSPS) is 15.8. The summed E-state index contributed by atoms with van der Waals surface area (Å²) >= 11 is 7.36. The number of esters is 1. The van der Waals surface area contributed by atoms with Crippen molar-refractivity contribution in [2.24, 2.45) is 0 Å². The summed E-state index contributed by atoms with van der Waals surface area (Å²) in [7, 11) is 0. The minimum Gasteiger partial charge on any atom is -0.463 e. The van der Waals surface area contributed by atoms with E-state index in [4.69, 9.17) is 16.3 Å². The van der Waals surface area contributed by atoms with Crippen LogP contribution in [0.3, 0.4) is 0 Å². The topological polar surface area (TPSA) is 98.1 Å². The summed E-state index contributed by atoms with van der Waals surface area (Å²) in [4.78, 5) is 25.3. The fraction of sp³-hybridized carbons (Fsp3) is 0.182. The average molecular weight is 470 g/mol. The van der Waals surface area contributed by atoms with Crippen LogP contribution >= 0.6 is 23.4 Å². The maximum atomic E-state index is 12.9. The summed E-state index contributed by atoms with van der Waals surface area (Å²) < 4.78 is 7.14. The first-order valence-electron chi connectivity index (χ1n) is 9.88. The second-order valence-corrected chi connectivity index (χ2v) is 8.18. The summed E-state index contributed by atoms with van der Waals surface area (Å²) in [5.74, 6) is -0.211. The second kappa shape index (κ2) is 9.88. The number of amides is 2. The predicted octanol–water partition coefficient (Wildman–Crippen LogP) is 3.88. The minimum absolute atomic E-state index is 0.215. The van der Waals surface area contributed by atoms with E-state index in [2.05, 4.69) is 20.8 Å². The third-order valence-corrected chi connectivity index (χ3v) is 5.97. The molecule has 3 aromatic rings. The number of ether oxygens (including phenoxy) is 1.